The molecule has 0 saturated heterocycles. The molecule has 0 amide bonds. The van der Waals surface area contributed by atoms with Gasteiger partial charge in [-0.1, -0.05) is 23.3 Å². The lowest BCUT2D eigenvalue weighted by atomic mass is 10.1. The third-order valence-electron chi connectivity index (χ3n) is 2.75. The van der Waals surface area contributed by atoms with Crippen LogP contribution >= 0.6 is 0 Å². The zero-order chi connectivity index (χ0) is 18.4. The summed E-state index contributed by atoms with van der Waals surface area (Å²) in [5, 5.41) is 3.10. The van der Waals surface area contributed by atoms with Crippen LogP contribution in [0.4, 0.5) is 13.2 Å². The molecule has 0 fully saturated rings. The van der Waals surface area contributed by atoms with Crippen LogP contribution in [0, 0.1) is 0 Å². The maximum Gasteiger partial charge on any atom is 0.415 e. The summed E-state index contributed by atoms with van der Waals surface area (Å²) < 4.78 is 49.5. The van der Waals surface area contributed by atoms with Crippen LogP contribution in [0.2, 0.25) is 0 Å². The van der Waals surface area contributed by atoms with Gasteiger partial charge in [-0.05, 0) is 38.4 Å². The SMILES string of the molecule is CC(C)(C)O[C@H]([C@@H](COC(=O)c1ccccc1)N=[N+]=[N-])C(F)(F)F. The Kier molecular flexibility index (Phi) is 6.62. The summed E-state index contributed by atoms with van der Waals surface area (Å²) in [7, 11) is 0. The molecular weight excluding hydrogens is 327 g/mol. The van der Waals surface area contributed by atoms with E-state index in [1.54, 1.807) is 18.2 Å². The molecule has 0 bridgehead atoms. The average Bonchev–Trinajstić information content (AvgIpc) is 2.48. The highest BCUT2D eigenvalue weighted by atomic mass is 19.4. The summed E-state index contributed by atoms with van der Waals surface area (Å²) in [6.45, 7) is 3.57. The Morgan fingerprint density at radius 2 is 1.83 bits per heavy atom. The molecule has 0 spiro atoms. The third kappa shape index (κ3) is 6.47. The molecule has 0 aliphatic carbocycles. The number of carbonyl (C=O) groups is 1. The molecule has 9 heteroatoms. The molecule has 1 rings (SSSR count). The molecule has 0 saturated carbocycles. The maximum atomic E-state index is 13.2. The van der Waals surface area contributed by atoms with Crippen molar-refractivity contribution in [3.63, 3.8) is 0 Å². The molecule has 1 aromatic carbocycles. The molecule has 1 aromatic rings. The molecule has 0 aliphatic rings. The molecule has 132 valence electrons. The highest BCUT2D eigenvalue weighted by molar-refractivity contribution is 5.89. The Balaban J connectivity index is 2.90. The topological polar surface area (TPSA) is 84.3 Å². The second kappa shape index (κ2) is 8.03. The van der Waals surface area contributed by atoms with Crippen molar-refractivity contribution >= 4 is 5.97 Å². The molecular formula is C15H18F3N3O3. The third-order valence-corrected chi connectivity index (χ3v) is 2.75. The first-order chi connectivity index (χ1) is 11.0. The summed E-state index contributed by atoms with van der Waals surface area (Å²) in [5.74, 6) is -0.814. The zero-order valence-electron chi connectivity index (χ0n) is 13.4. The monoisotopic (exact) mass is 345 g/mol. The Morgan fingerprint density at radius 1 is 1.25 bits per heavy atom. The summed E-state index contributed by atoms with van der Waals surface area (Å²) in [5.41, 5.74) is 7.57. The fourth-order valence-electron chi connectivity index (χ4n) is 1.81. The maximum absolute atomic E-state index is 13.2. The van der Waals surface area contributed by atoms with Gasteiger partial charge in [-0.3, -0.25) is 0 Å². The number of azide groups is 1. The minimum atomic E-state index is -4.79. The van der Waals surface area contributed by atoms with Crippen LogP contribution in [0.15, 0.2) is 35.4 Å². The van der Waals surface area contributed by atoms with Crippen LogP contribution in [0.5, 0.6) is 0 Å². The number of esters is 1. The van der Waals surface area contributed by atoms with Crippen molar-refractivity contribution < 1.29 is 27.4 Å². The number of carbonyl (C=O) groups excluding carboxylic acids is 1. The number of ether oxygens (including phenoxy) is 2. The first kappa shape index (κ1) is 19.8. The van der Waals surface area contributed by atoms with Crippen molar-refractivity contribution in [1.29, 1.82) is 0 Å². The number of benzene rings is 1. The molecule has 2 atom stereocenters. The fourth-order valence-corrected chi connectivity index (χ4v) is 1.81. The van der Waals surface area contributed by atoms with E-state index in [1.807, 2.05) is 0 Å². The van der Waals surface area contributed by atoms with Gasteiger partial charge in [-0.2, -0.15) is 13.2 Å². The highest BCUT2D eigenvalue weighted by Gasteiger charge is 2.48. The van der Waals surface area contributed by atoms with E-state index >= 15 is 0 Å². The van der Waals surface area contributed by atoms with E-state index < -0.39 is 36.5 Å². The van der Waals surface area contributed by atoms with E-state index in [-0.39, 0.29) is 5.56 Å². The van der Waals surface area contributed by atoms with E-state index in [1.165, 1.54) is 32.9 Å². The molecule has 0 heterocycles. The minimum Gasteiger partial charge on any atom is -0.462 e. The van der Waals surface area contributed by atoms with Gasteiger partial charge in [0.1, 0.15) is 12.6 Å². The number of halogens is 3. The van der Waals surface area contributed by atoms with Crippen molar-refractivity contribution in [2.75, 3.05) is 6.61 Å². The van der Waals surface area contributed by atoms with Crippen molar-refractivity contribution in [2.45, 2.75) is 44.7 Å². The van der Waals surface area contributed by atoms with Crippen LogP contribution in [-0.4, -0.2) is 36.5 Å². The summed E-state index contributed by atoms with van der Waals surface area (Å²) in [4.78, 5) is 14.2. The lowest BCUT2D eigenvalue weighted by Crippen LogP contribution is -2.47. The number of alkyl halides is 3. The Labute approximate surface area is 137 Å². The second-order valence-electron chi connectivity index (χ2n) is 5.93. The molecule has 24 heavy (non-hydrogen) atoms. The average molecular weight is 345 g/mol. The van der Waals surface area contributed by atoms with E-state index in [9.17, 15) is 18.0 Å². The van der Waals surface area contributed by atoms with E-state index in [0.29, 0.717) is 0 Å². The van der Waals surface area contributed by atoms with Crippen LogP contribution in [0.1, 0.15) is 31.1 Å². The summed E-state index contributed by atoms with van der Waals surface area (Å²) in [6.07, 6.45) is -7.18. The van der Waals surface area contributed by atoms with Gasteiger partial charge in [-0.15, -0.1) is 0 Å². The standard InChI is InChI=1S/C15H18F3N3O3/c1-14(2,3)24-12(15(16,17)18)11(20-21-19)9-23-13(22)10-7-5-4-6-8-10/h4-8,11-12H,9H2,1-3H3/t11-,12-/m1/s1. The largest absolute Gasteiger partial charge is 0.462 e. The predicted octanol–water partition coefficient (Wildman–Crippen LogP) is 4.27. The Morgan fingerprint density at radius 3 is 2.29 bits per heavy atom. The quantitative estimate of drug-likeness (QED) is 0.334. The van der Waals surface area contributed by atoms with Gasteiger partial charge in [0.2, 0.25) is 0 Å². The van der Waals surface area contributed by atoms with Gasteiger partial charge in [0, 0.05) is 4.91 Å². The molecule has 6 nitrogen and oxygen atoms in total. The summed E-state index contributed by atoms with van der Waals surface area (Å²) >= 11 is 0. The number of hydrogen-bond acceptors (Lipinski definition) is 4. The summed E-state index contributed by atoms with van der Waals surface area (Å²) in [6, 6.07) is 6.03. The van der Waals surface area contributed by atoms with Crippen molar-refractivity contribution in [1.82, 2.24) is 0 Å². The lowest BCUT2D eigenvalue weighted by Gasteiger charge is -2.32. The molecule has 0 unspecified atom stereocenters. The van der Waals surface area contributed by atoms with E-state index in [2.05, 4.69) is 10.0 Å². The first-order valence-electron chi connectivity index (χ1n) is 7.05. The smallest absolute Gasteiger partial charge is 0.415 e. The van der Waals surface area contributed by atoms with Crippen LogP contribution in [0.3, 0.4) is 0 Å². The first-order valence-corrected chi connectivity index (χ1v) is 7.05. The fraction of sp³-hybridized carbons (Fsp3) is 0.533. The molecule has 0 N–H and O–H groups in total. The van der Waals surface area contributed by atoms with Gasteiger partial charge >= 0.3 is 12.1 Å². The van der Waals surface area contributed by atoms with Crippen LogP contribution in [-0.2, 0) is 9.47 Å². The molecule has 0 aliphatic heterocycles. The predicted molar refractivity (Wildman–Crippen MR) is 80.3 cm³/mol. The Hall–Kier alpha value is -2.25. The lowest BCUT2D eigenvalue weighted by molar-refractivity contribution is -0.253. The van der Waals surface area contributed by atoms with Gasteiger partial charge in [0.05, 0.1) is 11.2 Å². The molecule has 0 radical (unpaired) electrons. The van der Waals surface area contributed by atoms with E-state index in [0.717, 1.165) is 0 Å². The number of hydrogen-bond donors (Lipinski definition) is 0. The van der Waals surface area contributed by atoms with Gasteiger partial charge in [0.25, 0.3) is 0 Å². The second-order valence-corrected chi connectivity index (χ2v) is 5.93. The van der Waals surface area contributed by atoms with Gasteiger partial charge < -0.3 is 9.47 Å². The van der Waals surface area contributed by atoms with Gasteiger partial charge in [-0.25, -0.2) is 4.79 Å². The van der Waals surface area contributed by atoms with Gasteiger partial charge in [0.15, 0.2) is 6.10 Å². The van der Waals surface area contributed by atoms with Crippen molar-refractivity contribution in [3.05, 3.63) is 46.3 Å². The minimum absolute atomic E-state index is 0.178. The van der Waals surface area contributed by atoms with E-state index in [4.69, 9.17) is 15.0 Å². The van der Waals surface area contributed by atoms with Crippen molar-refractivity contribution in [2.24, 2.45) is 5.11 Å². The molecule has 0 aromatic heterocycles. The van der Waals surface area contributed by atoms with Crippen molar-refractivity contribution in [3.8, 4) is 0 Å². The highest BCUT2D eigenvalue weighted by Crippen LogP contribution is 2.30. The van der Waals surface area contributed by atoms with Crippen LogP contribution in [0.25, 0.3) is 10.4 Å². The number of nitrogens with zero attached hydrogens (tertiary/aromatic N) is 3. The van der Waals surface area contributed by atoms with Crippen LogP contribution < -0.4 is 0 Å². The zero-order valence-corrected chi connectivity index (χ0v) is 13.4. The Bertz CT molecular complexity index is 593. The number of rotatable bonds is 6. The normalized spacial score (nSPS) is 14.4.